The van der Waals surface area contributed by atoms with E-state index in [0.717, 1.165) is 13.1 Å². The molecule has 74 valence electrons. The van der Waals surface area contributed by atoms with Crippen molar-refractivity contribution < 1.29 is 0 Å². The quantitative estimate of drug-likeness (QED) is 0.704. The maximum Gasteiger partial charge on any atom is 0.0524 e. The molecule has 0 radical (unpaired) electrons. The molecule has 14 heavy (non-hydrogen) atoms. The molecule has 2 rings (SSSR count). The lowest BCUT2D eigenvalue weighted by molar-refractivity contribution is 0.461. The molecule has 0 bridgehead atoms. The molecule has 0 aromatic heterocycles. The molecule has 1 aliphatic rings. The van der Waals surface area contributed by atoms with Crippen LogP contribution < -0.4 is 5.32 Å². The van der Waals surface area contributed by atoms with Crippen LogP contribution in [0.2, 0.25) is 0 Å². The Bertz CT molecular complexity index is 286. The normalized spacial score (nSPS) is 18.9. The molecule has 0 unspecified atom stereocenters. The van der Waals surface area contributed by atoms with Crippen LogP contribution >= 0.6 is 0 Å². The first-order valence-electron chi connectivity index (χ1n) is 5.24. The van der Waals surface area contributed by atoms with Crippen LogP contribution in [-0.2, 0) is 0 Å². The van der Waals surface area contributed by atoms with Gasteiger partial charge in [-0.05, 0) is 31.5 Å². The number of hydrogen-bond acceptors (Lipinski definition) is 2. The van der Waals surface area contributed by atoms with Crippen LogP contribution in [0.25, 0.3) is 0 Å². The van der Waals surface area contributed by atoms with E-state index in [9.17, 15) is 0 Å². The third-order valence-corrected chi connectivity index (χ3v) is 2.54. The van der Waals surface area contributed by atoms with Gasteiger partial charge in [-0.1, -0.05) is 30.3 Å². The maximum atomic E-state index is 4.59. The van der Waals surface area contributed by atoms with Gasteiger partial charge in [0.2, 0.25) is 0 Å². The molecule has 1 heterocycles. The topological polar surface area (TPSA) is 24.4 Å². The first-order chi connectivity index (χ1) is 6.95. The fraction of sp³-hybridized carbons (Fsp3) is 0.417. The number of nitrogens with one attached hydrogen (secondary N) is 1. The van der Waals surface area contributed by atoms with Crippen molar-refractivity contribution >= 4 is 6.21 Å². The van der Waals surface area contributed by atoms with Crippen molar-refractivity contribution in [1.82, 2.24) is 5.32 Å². The summed E-state index contributed by atoms with van der Waals surface area (Å²) < 4.78 is 0. The van der Waals surface area contributed by atoms with Gasteiger partial charge in [0, 0.05) is 6.21 Å². The second kappa shape index (κ2) is 4.91. The maximum absolute atomic E-state index is 4.59. The molecule has 1 aromatic carbocycles. The van der Waals surface area contributed by atoms with Crippen molar-refractivity contribution in [3.05, 3.63) is 35.9 Å². The standard InChI is InChI=1S/C12H16N2/c1-2-4-11(5-3-1)10-14-12-6-8-13-9-7-12/h1-5,10,12-13H,6-9H2/b14-10+. The molecule has 1 aliphatic heterocycles. The zero-order valence-electron chi connectivity index (χ0n) is 8.32. The van der Waals surface area contributed by atoms with Gasteiger partial charge >= 0.3 is 0 Å². The smallest absolute Gasteiger partial charge is 0.0524 e. The summed E-state index contributed by atoms with van der Waals surface area (Å²) in [6.45, 7) is 2.22. The molecule has 1 N–H and O–H groups in total. The highest BCUT2D eigenvalue weighted by Crippen LogP contribution is 2.06. The molecule has 1 aromatic rings. The predicted molar refractivity (Wildman–Crippen MR) is 59.9 cm³/mol. The molecule has 0 spiro atoms. The predicted octanol–water partition coefficient (Wildman–Crippen LogP) is 1.86. The minimum Gasteiger partial charge on any atom is -0.317 e. The highest BCUT2D eigenvalue weighted by molar-refractivity contribution is 5.79. The van der Waals surface area contributed by atoms with E-state index in [2.05, 4.69) is 22.4 Å². The van der Waals surface area contributed by atoms with E-state index in [1.165, 1.54) is 18.4 Å². The van der Waals surface area contributed by atoms with Crippen LogP contribution in [0.15, 0.2) is 35.3 Å². The lowest BCUT2D eigenvalue weighted by Crippen LogP contribution is -2.29. The molecule has 0 aliphatic carbocycles. The molecule has 1 saturated heterocycles. The van der Waals surface area contributed by atoms with Crippen LogP contribution in [0.4, 0.5) is 0 Å². The molecular formula is C12H16N2. The highest BCUT2D eigenvalue weighted by Gasteiger charge is 2.09. The van der Waals surface area contributed by atoms with Gasteiger partial charge in [0.05, 0.1) is 6.04 Å². The second-order valence-electron chi connectivity index (χ2n) is 3.67. The van der Waals surface area contributed by atoms with Crippen LogP contribution in [-0.4, -0.2) is 25.3 Å². The average molecular weight is 188 g/mol. The first-order valence-corrected chi connectivity index (χ1v) is 5.24. The lowest BCUT2D eigenvalue weighted by Gasteiger charge is -2.18. The molecule has 0 atom stereocenters. The minimum absolute atomic E-state index is 0.524. The highest BCUT2D eigenvalue weighted by atomic mass is 14.9. The summed E-state index contributed by atoms with van der Waals surface area (Å²) >= 11 is 0. The van der Waals surface area contributed by atoms with E-state index in [1.54, 1.807) is 0 Å². The van der Waals surface area contributed by atoms with Crippen molar-refractivity contribution in [3.8, 4) is 0 Å². The van der Waals surface area contributed by atoms with Gasteiger partial charge in [-0.25, -0.2) is 0 Å². The fourth-order valence-corrected chi connectivity index (χ4v) is 1.69. The Morgan fingerprint density at radius 3 is 2.57 bits per heavy atom. The van der Waals surface area contributed by atoms with E-state index >= 15 is 0 Å². The summed E-state index contributed by atoms with van der Waals surface area (Å²) in [5.74, 6) is 0. The molecule has 1 fully saturated rings. The van der Waals surface area contributed by atoms with Gasteiger partial charge < -0.3 is 5.32 Å². The summed E-state index contributed by atoms with van der Waals surface area (Å²) in [6, 6.07) is 10.8. The molecule has 0 saturated carbocycles. The van der Waals surface area contributed by atoms with Gasteiger partial charge in [0.25, 0.3) is 0 Å². The van der Waals surface area contributed by atoms with Gasteiger partial charge in [-0.3, -0.25) is 4.99 Å². The molecule has 2 heteroatoms. The van der Waals surface area contributed by atoms with E-state index in [0.29, 0.717) is 6.04 Å². The van der Waals surface area contributed by atoms with Crippen molar-refractivity contribution in [1.29, 1.82) is 0 Å². The Hall–Kier alpha value is -1.15. The van der Waals surface area contributed by atoms with Crippen molar-refractivity contribution in [2.45, 2.75) is 18.9 Å². The van der Waals surface area contributed by atoms with Crippen molar-refractivity contribution in [3.63, 3.8) is 0 Å². The third-order valence-electron chi connectivity index (χ3n) is 2.54. The largest absolute Gasteiger partial charge is 0.317 e. The number of rotatable bonds is 2. The van der Waals surface area contributed by atoms with E-state index in [1.807, 2.05) is 24.4 Å². The summed E-state index contributed by atoms with van der Waals surface area (Å²) in [7, 11) is 0. The number of aliphatic imine (C=N–C) groups is 1. The Morgan fingerprint density at radius 2 is 1.86 bits per heavy atom. The van der Waals surface area contributed by atoms with Gasteiger partial charge in [-0.2, -0.15) is 0 Å². The van der Waals surface area contributed by atoms with Gasteiger partial charge in [0.1, 0.15) is 0 Å². The molecule has 2 nitrogen and oxygen atoms in total. The SMILES string of the molecule is C(=N\C1CCNCC1)/c1ccccc1. The molecular weight excluding hydrogens is 172 g/mol. The summed E-state index contributed by atoms with van der Waals surface area (Å²) in [6.07, 6.45) is 4.34. The summed E-state index contributed by atoms with van der Waals surface area (Å²) in [4.78, 5) is 4.59. The van der Waals surface area contributed by atoms with E-state index in [-0.39, 0.29) is 0 Å². The Balaban J connectivity index is 1.93. The second-order valence-corrected chi connectivity index (χ2v) is 3.67. The fourth-order valence-electron chi connectivity index (χ4n) is 1.69. The Kier molecular flexibility index (Phi) is 3.30. The number of hydrogen-bond donors (Lipinski definition) is 1. The lowest BCUT2D eigenvalue weighted by atomic mass is 10.1. The van der Waals surface area contributed by atoms with Crippen LogP contribution in [0.1, 0.15) is 18.4 Å². The van der Waals surface area contributed by atoms with Crippen LogP contribution in [0.5, 0.6) is 0 Å². The summed E-state index contributed by atoms with van der Waals surface area (Å²) in [5.41, 5.74) is 1.20. The zero-order valence-corrected chi connectivity index (χ0v) is 8.32. The number of nitrogens with zero attached hydrogens (tertiary/aromatic N) is 1. The zero-order chi connectivity index (χ0) is 9.64. The van der Waals surface area contributed by atoms with Crippen molar-refractivity contribution in [2.75, 3.05) is 13.1 Å². The van der Waals surface area contributed by atoms with Gasteiger partial charge in [-0.15, -0.1) is 0 Å². The third kappa shape index (κ3) is 2.67. The van der Waals surface area contributed by atoms with Crippen LogP contribution in [0, 0.1) is 0 Å². The molecule has 0 amide bonds. The van der Waals surface area contributed by atoms with E-state index < -0.39 is 0 Å². The minimum atomic E-state index is 0.524. The monoisotopic (exact) mass is 188 g/mol. The van der Waals surface area contributed by atoms with E-state index in [4.69, 9.17) is 0 Å². The Morgan fingerprint density at radius 1 is 1.14 bits per heavy atom. The average Bonchev–Trinajstić information content (AvgIpc) is 2.29. The summed E-state index contributed by atoms with van der Waals surface area (Å²) in [5, 5.41) is 3.34. The van der Waals surface area contributed by atoms with Gasteiger partial charge in [0.15, 0.2) is 0 Å². The first kappa shape index (κ1) is 9.41. The number of benzene rings is 1. The van der Waals surface area contributed by atoms with Crippen molar-refractivity contribution in [2.24, 2.45) is 4.99 Å². The number of piperidine rings is 1. The van der Waals surface area contributed by atoms with Crippen LogP contribution in [0.3, 0.4) is 0 Å². The Labute approximate surface area is 85.1 Å².